The van der Waals surface area contributed by atoms with Gasteiger partial charge in [0.25, 0.3) is 0 Å². The molecule has 14 heteroatoms. The van der Waals surface area contributed by atoms with Crippen molar-refractivity contribution in [1.82, 2.24) is 5.32 Å². The number of benzene rings is 2. The van der Waals surface area contributed by atoms with Crippen LogP contribution >= 0.6 is 23.2 Å². The predicted octanol–water partition coefficient (Wildman–Crippen LogP) is 4.89. The van der Waals surface area contributed by atoms with Crippen molar-refractivity contribution in [2.24, 2.45) is 11.8 Å². The first-order valence-electron chi connectivity index (χ1n) is 11.4. The molecule has 2 fully saturated rings. The molecule has 0 spiro atoms. The number of aliphatic hydroxyl groups is 1. The van der Waals surface area contributed by atoms with Crippen molar-refractivity contribution in [1.29, 1.82) is 5.26 Å². The second-order valence-electron chi connectivity index (χ2n) is 9.17. The van der Waals surface area contributed by atoms with Crippen molar-refractivity contribution in [3.63, 3.8) is 0 Å². The summed E-state index contributed by atoms with van der Waals surface area (Å²) in [7, 11) is 0. The highest BCUT2D eigenvalue weighted by atomic mass is 35.5. The zero-order valence-electron chi connectivity index (χ0n) is 19.7. The van der Waals surface area contributed by atoms with Crippen LogP contribution in [0, 0.1) is 34.8 Å². The van der Waals surface area contributed by atoms with Crippen LogP contribution < -0.4 is 5.32 Å². The molecule has 2 aromatic carbocycles. The van der Waals surface area contributed by atoms with Gasteiger partial charge in [-0.15, -0.1) is 0 Å². The summed E-state index contributed by atoms with van der Waals surface area (Å²) in [6.07, 6.45) is -3.50. The minimum Gasteiger partial charge on any atom is -0.480 e. The smallest absolute Gasteiger partial charge is 0.480 e. The molecule has 39 heavy (non-hydrogen) atoms. The van der Waals surface area contributed by atoms with Crippen LogP contribution in [0.5, 0.6) is 0 Å². The summed E-state index contributed by atoms with van der Waals surface area (Å²) in [5.74, 6) is -7.56. The van der Waals surface area contributed by atoms with E-state index in [0.29, 0.717) is 0 Å². The second kappa shape index (κ2) is 11.6. The van der Waals surface area contributed by atoms with Gasteiger partial charge in [-0.1, -0.05) is 41.4 Å². The molecule has 4 rings (SSSR count). The van der Waals surface area contributed by atoms with Crippen LogP contribution in [0.1, 0.15) is 29.9 Å². The molecule has 1 saturated carbocycles. The van der Waals surface area contributed by atoms with Gasteiger partial charge in [-0.25, -0.2) is 13.6 Å². The van der Waals surface area contributed by atoms with Crippen LogP contribution in [0.15, 0.2) is 36.4 Å². The van der Waals surface area contributed by atoms with Crippen LogP contribution in [0.2, 0.25) is 10.0 Å². The van der Waals surface area contributed by atoms with Gasteiger partial charge in [-0.2, -0.15) is 18.4 Å². The predicted molar refractivity (Wildman–Crippen MR) is 128 cm³/mol. The minimum absolute atomic E-state index is 0.0398. The van der Waals surface area contributed by atoms with Gasteiger partial charge >= 0.3 is 18.1 Å². The summed E-state index contributed by atoms with van der Waals surface area (Å²) < 4.78 is 62.2. The van der Waals surface area contributed by atoms with Crippen LogP contribution in [0.3, 0.4) is 0 Å². The van der Waals surface area contributed by atoms with E-state index in [0.717, 1.165) is 18.9 Å². The summed E-state index contributed by atoms with van der Waals surface area (Å²) >= 11 is 11.9. The van der Waals surface area contributed by atoms with Gasteiger partial charge in [0.05, 0.1) is 11.1 Å². The maximum absolute atomic E-state index is 15.3. The van der Waals surface area contributed by atoms with E-state index >= 15 is 8.78 Å². The zero-order valence-corrected chi connectivity index (χ0v) is 21.2. The van der Waals surface area contributed by atoms with E-state index in [1.807, 2.05) is 0 Å². The number of nitriles is 1. The van der Waals surface area contributed by atoms with Crippen LogP contribution in [0.4, 0.5) is 22.0 Å². The maximum atomic E-state index is 15.3. The number of alkyl halides is 3. The molecular weight excluding hydrogens is 574 g/mol. The molecule has 7 nitrogen and oxygen atoms in total. The van der Waals surface area contributed by atoms with Crippen molar-refractivity contribution < 1.29 is 46.9 Å². The van der Waals surface area contributed by atoms with Gasteiger partial charge in [0, 0.05) is 35.1 Å². The Morgan fingerprint density at radius 3 is 2.23 bits per heavy atom. The van der Waals surface area contributed by atoms with Crippen molar-refractivity contribution in [2.75, 3.05) is 6.61 Å². The number of halogens is 7. The van der Waals surface area contributed by atoms with Crippen LogP contribution in [-0.2, 0) is 15.0 Å². The Hall–Kier alpha value is -2.98. The average molecular weight is 595 g/mol. The Balaban J connectivity index is 0.000000532. The van der Waals surface area contributed by atoms with Gasteiger partial charge in [0.15, 0.2) is 0 Å². The van der Waals surface area contributed by atoms with E-state index in [9.17, 15) is 33.4 Å². The first-order valence-corrected chi connectivity index (χ1v) is 12.2. The first-order chi connectivity index (χ1) is 18.2. The van der Waals surface area contributed by atoms with Crippen molar-refractivity contribution in [2.45, 2.75) is 42.4 Å². The SMILES string of the molecule is N#C[C@]1(c2ccc(Cl)cc2F)[C@H](C(CO)C2CC2)N[C@@H](C(=O)O)[C@@H]1c1cccc(Cl)c1F.O=C(O)C(F)(F)F. The lowest BCUT2D eigenvalue weighted by atomic mass is 9.62. The number of aliphatic carboxylic acids is 2. The van der Waals surface area contributed by atoms with Gasteiger partial charge in [-0.3, -0.25) is 10.1 Å². The highest BCUT2D eigenvalue weighted by Gasteiger charge is 2.63. The zero-order chi connectivity index (χ0) is 29.3. The Labute approximate surface area is 228 Å². The molecule has 5 atom stereocenters. The lowest BCUT2D eigenvalue weighted by Gasteiger charge is -2.38. The van der Waals surface area contributed by atoms with E-state index < -0.39 is 59.1 Å². The number of nitrogens with zero attached hydrogens (tertiary/aromatic N) is 1. The maximum Gasteiger partial charge on any atom is 0.490 e. The molecule has 2 aliphatic rings. The molecule has 0 amide bonds. The normalized spacial score (nSPS) is 25.3. The standard InChI is InChI=1S/C23H20Cl2F2N2O3.C2HF3O2/c24-12-6-7-15(17(26)8-12)23(10-28)18(13-2-1-3-16(25)19(13)27)20(22(31)32)29-21(23)14(9-30)11-4-5-11;3-2(4,5)1(6)7/h1-3,6-8,11,14,18,20-21,29-30H,4-5,9H2,(H,31,32);(H,6,7)/t14?,18-,20+,21-,23+;/m0./s1. The molecule has 210 valence electrons. The van der Waals surface area contributed by atoms with Crippen LogP contribution in [-0.4, -0.2) is 52.1 Å². The number of rotatable bonds is 6. The molecule has 1 unspecified atom stereocenters. The quantitative estimate of drug-likeness (QED) is 0.350. The number of aliphatic hydroxyl groups excluding tert-OH is 1. The number of carbonyl (C=O) groups is 2. The third-order valence-electron chi connectivity index (χ3n) is 6.93. The molecule has 1 aliphatic heterocycles. The molecule has 1 heterocycles. The van der Waals surface area contributed by atoms with Gasteiger partial charge in [-0.05, 0) is 42.5 Å². The number of hydrogen-bond acceptors (Lipinski definition) is 5. The fourth-order valence-electron chi connectivity index (χ4n) is 5.15. The highest BCUT2D eigenvalue weighted by molar-refractivity contribution is 6.31. The summed E-state index contributed by atoms with van der Waals surface area (Å²) in [4.78, 5) is 21.2. The third kappa shape index (κ3) is 5.96. The molecule has 1 aliphatic carbocycles. The Morgan fingerprint density at radius 2 is 1.77 bits per heavy atom. The van der Waals surface area contributed by atoms with E-state index in [4.69, 9.17) is 33.1 Å². The highest BCUT2D eigenvalue weighted by Crippen LogP contribution is 2.55. The summed E-state index contributed by atoms with van der Waals surface area (Å²) in [5.41, 5.74) is -2.06. The van der Waals surface area contributed by atoms with E-state index in [2.05, 4.69) is 11.4 Å². The fourth-order valence-corrected chi connectivity index (χ4v) is 5.49. The number of carboxylic acid groups (broad SMARTS) is 2. The van der Waals surface area contributed by atoms with Crippen molar-refractivity contribution >= 4 is 35.1 Å². The molecule has 0 aromatic heterocycles. The summed E-state index contributed by atoms with van der Waals surface area (Å²) in [5, 5.41) is 40.7. The average Bonchev–Trinajstić information content (AvgIpc) is 3.63. The fraction of sp³-hybridized carbons (Fsp3) is 0.400. The first kappa shape index (κ1) is 30.6. The molecule has 2 aromatic rings. The van der Waals surface area contributed by atoms with E-state index in [1.54, 1.807) is 0 Å². The largest absolute Gasteiger partial charge is 0.490 e. The lowest BCUT2D eigenvalue weighted by Crippen LogP contribution is -2.49. The summed E-state index contributed by atoms with van der Waals surface area (Å²) in [6.45, 7) is -0.335. The Morgan fingerprint density at radius 1 is 1.15 bits per heavy atom. The Bertz CT molecular complexity index is 1300. The monoisotopic (exact) mass is 594 g/mol. The minimum atomic E-state index is -5.08. The Kier molecular flexibility index (Phi) is 9.12. The van der Waals surface area contributed by atoms with Gasteiger partial charge in [0.2, 0.25) is 0 Å². The van der Waals surface area contributed by atoms with Crippen LogP contribution in [0.25, 0.3) is 0 Å². The molecule has 1 saturated heterocycles. The summed E-state index contributed by atoms with van der Waals surface area (Å²) in [6, 6.07) is 7.68. The molecule has 0 bridgehead atoms. The third-order valence-corrected chi connectivity index (χ3v) is 7.45. The van der Waals surface area contributed by atoms with Crippen molar-refractivity contribution in [3.05, 3.63) is 69.2 Å². The number of hydrogen-bond donors (Lipinski definition) is 4. The van der Waals surface area contributed by atoms with E-state index in [-0.39, 0.29) is 33.7 Å². The molecular formula is C25H21Cl2F5N2O5. The lowest BCUT2D eigenvalue weighted by molar-refractivity contribution is -0.192. The van der Waals surface area contributed by atoms with Gasteiger partial charge < -0.3 is 15.3 Å². The van der Waals surface area contributed by atoms with Crippen molar-refractivity contribution in [3.8, 4) is 6.07 Å². The van der Waals surface area contributed by atoms with E-state index in [1.165, 1.54) is 30.3 Å². The van der Waals surface area contributed by atoms with Gasteiger partial charge in [0.1, 0.15) is 23.1 Å². The second-order valence-corrected chi connectivity index (χ2v) is 10.0. The number of nitrogens with one attached hydrogen (secondary N) is 1. The molecule has 0 radical (unpaired) electrons. The number of carboxylic acids is 2. The molecule has 4 N–H and O–H groups in total. The topological polar surface area (TPSA) is 131 Å².